The van der Waals surface area contributed by atoms with Gasteiger partial charge in [0.25, 0.3) is 0 Å². The number of hydrazone groups is 1. The van der Waals surface area contributed by atoms with Gasteiger partial charge in [0.15, 0.2) is 0 Å². The van der Waals surface area contributed by atoms with Crippen LogP contribution in [0.5, 0.6) is 0 Å². The van der Waals surface area contributed by atoms with Crippen molar-refractivity contribution in [2.75, 3.05) is 7.05 Å². The van der Waals surface area contributed by atoms with Gasteiger partial charge in [0, 0.05) is 11.9 Å². The van der Waals surface area contributed by atoms with Gasteiger partial charge in [-0.15, -0.1) is 11.3 Å². The zero-order valence-corrected chi connectivity index (χ0v) is 7.80. The molecule has 1 aliphatic rings. The summed E-state index contributed by atoms with van der Waals surface area (Å²) in [6.07, 6.45) is 0. The minimum absolute atomic E-state index is 0.574. The molecule has 5 heteroatoms. The van der Waals surface area contributed by atoms with Crippen LogP contribution in [0.4, 0.5) is 0 Å². The summed E-state index contributed by atoms with van der Waals surface area (Å²) in [5.41, 5.74) is 1.95. The fourth-order valence-corrected chi connectivity index (χ4v) is 2.23. The molecule has 0 fully saturated rings. The van der Waals surface area contributed by atoms with Crippen LogP contribution in [-0.2, 0) is 0 Å². The van der Waals surface area contributed by atoms with Crippen molar-refractivity contribution in [3.8, 4) is 0 Å². The number of hydrogen-bond acceptors (Lipinski definition) is 4. The van der Waals surface area contributed by atoms with Gasteiger partial charge in [-0.05, 0) is 17.8 Å². The van der Waals surface area contributed by atoms with E-state index in [0.29, 0.717) is 0 Å². The van der Waals surface area contributed by atoms with Gasteiger partial charge >= 0.3 is 7.05 Å². The molecule has 0 bridgehead atoms. The molecule has 0 aromatic carbocycles. The summed E-state index contributed by atoms with van der Waals surface area (Å²) in [6, 6.07) is 1.94. The summed E-state index contributed by atoms with van der Waals surface area (Å²) in [5.74, 6) is 0. The summed E-state index contributed by atoms with van der Waals surface area (Å²) in [7, 11) is 1.20. The largest absolute Gasteiger partial charge is 0.467 e. The minimum atomic E-state index is -0.574. The Morgan fingerprint density at radius 3 is 3.17 bits per heavy atom. The molecule has 3 nitrogen and oxygen atoms in total. The molecule has 0 aliphatic carbocycles. The van der Waals surface area contributed by atoms with E-state index in [1.807, 2.05) is 18.4 Å². The summed E-state index contributed by atoms with van der Waals surface area (Å²) in [5, 5.41) is 15.8. The van der Waals surface area contributed by atoms with E-state index in [1.54, 1.807) is 23.3 Å². The third-order valence-electron chi connectivity index (χ3n) is 1.96. The zero-order chi connectivity index (χ0) is 8.72. The summed E-state index contributed by atoms with van der Waals surface area (Å²) >= 11 is 1.62. The van der Waals surface area contributed by atoms with Gasteiger partial charge in [0.2, 0.25) is 0 Å². The lowest BCUT2D eigenvalue weighted by Gasteiger charge is -2.22. The van der Waals surface area contributed by atoms with E-state index in [2.05, 4.69) is 5.10 Å². The first-order valence-electron chi connectivity index (χ1n) is 3.74. The molecule has 62 valence electrons. The van der Waals surface area contributed by atoms with Gasteiger partial charge in [-0.2, -0.15) is 5.10 Å². The minimum Gasteiger partial charge on any atom is -0.428 e. The number of rotatable bonds is 0. The molecule has 0 radical (unpaired) electrons. The molecule has 1 N–H and O–H groups in total. The second kappa shape index (κ2) is 2.60. The van der Waals surface area contributed by atoms with Crippen LogP contribution in [0, 0.1) is 0 Å². The van der Waals surface area contributed by atoms with E-state index >= 15 is 0 Å². The highest BCUT2D eigenvalue weighted by atomic mass is 32.1. The molecule has 1 aromatic rings. The van der Waals surface area contributed by atoms with Crippen molar-refractivity contribution < 1.29 is 5.02 Å². The quantitative estimate of drug-likeness (QED) is 0.575. The maximum Gasteiger partial charge on any atom is 0.467 e. The van der Waals surface area contributed by atoms with Crippen LogP contribution in [-0.4, -0.2) is 29.8 Å². The van der Waals surface area contributed by atoms with Crippen molar-refractivity contribution in [3.05, 3.63) is 16.3 Å². The smallest absolute Gasteiger partial charge is 0.428 e. The molecule has 0 atom stereocenters. The monoisotopic (exact) mass is 180 g/mol. The molecule has 1 aromatic heterocycles. The molecule has 2 rings (SSSR count). The Hall–Kier alpha value is -0.805. The van der Waals surface area contributed by atoms with E-state index in [1.165, 1.54) is 0 Å². The van der Waals surface area contributed by atoms with Gasteiger partial charge in [-0.25, -0.2) is 0 Å². The van der Waals surface area contributed by atoms with Crippen molar-refractivity contribution in [1.82, 2.24) is 4.92 Å². The van der Waals surface area contributed by atoms with Crippen molar-refractivity contribution in [3.63, 3.8) is 0 Å². The molecule has 2 heterocycles. The summed E-state index contributed by atoms with van der Waals surface area (Å²) < 4.78 is 0. The normalized spacial score (nSPS) is 16.1. The lowest BCUT2D eigenvalue weighted by atomic mass is 9.72. The number of nitrogens with zero attached hydrogens (tertiary/aromatic N) is 2. The first-order valence-corrected chi connectivity index (χ1v) is 4.62. The van der Waals surface area contributed by atoms with Crippen LogP contribution in [0.3, 0.4) is 0 Å². The Kier molecular flexibility index (Phi) is 1.70. The van der Waals surface area contributed by atoms with E-state index < -0.39 is 7.05 Å². The van der Waals surface area contributed by atoms with Gasteiger partial charge in [-0.3, -0.25) is 0 Å². The second-order valence-corrected chi connectivity index (χ2v) is 3.75. The SMILES string of the molecule is CC1=NN(C)B(O)c2ccsc21. The molecule has 0 saturated heterocycles. The van der Waals surface area contributed by atoms with Crippen LogP contribution < -0.4 is 5.46 Å². The molecule has 1 aliphatic heterocycles. The van der Waals surface area contributed by atoms with E-state index in [4.69, 9.17) is 0 Å². The predicted molar refractivity (Wildman–Crippen MR) is 51.9 cm³/mol. The summed E-state index contributed by atoms with van der Waals surface area (Å²) in [6.45, 7) is 1.96. The lowest BCUT2D eigenvalue weighted by molar-refractivity contribution is 0.441. The predicted octanol–water partition coefficient (Wildman–Crippen LogP) is 0.105. The van der Waals surface area contributed by atoms with Crippen LogP contribution in [0.2, 0.25) is 0 Å². The van der Waals surface area contributed by atoms with Gasteiger partial charge in [-0.1, -0.05) is 6.07 Å². The molecule has 0 amide bonds. The van der Waals surface area contributed by atoms with Crippen molar-refractivity contribution in [2.24, 2.45) is 5.10 Å². The van der Waals surface area contributed by atoms with E-state index in [-0.39, 0.29) is 0 Å². The highest BCUT2D eigenvalue weighted by Gasteiger charge is 2.29. The lowest BCUT2D eigenvalue weighted by Crippen LogP contribution is -2.48. The zero-order valence-electron chi connectivity index (χ0n) is 6.98. The van der Waals surface area contributed by atoms with Gasteiger partial charge in [0.05, 0.1) is 5.71 Å². The third-order valence-corrected chi connectivity index (χ3v) is 3.00. The standard InChI is InChI=1S/C7H9BN2OS/c1-5-7-6(3-4-12-7)8(11)10(2)9-5/h3-4,11H,1-2H3. The Morgan fingerprint density at radius 2 is 2.42 bits per heavy atom. The molecule has 12 heavy (non-hydrogen) atoms. The fourth-order valence-electron chi connectivity index (χ4n) is 1.35. The van der Waals surface area contributed by atoms with Crippen LogP contribution in [0.1, 0.15) is 11.8 Å². The number of thiophene rings is 1. The molecular formula is C7H9BN2OS. The topological polar surface area (TPSA) is 35.8 Å². The Bertz CT molecular complexity index is 336. The average molecular weight is 180 g/mol. The van der Waals surface area contributed by atoms with E-state index in [0.717, 1.165) is 16.1 Å². The number of fused-ring (bicyclic) bond motifs is 1. The van der Waals surface area contributed by atoms with Crippen molar-refractivity contribution in [1.29, 1.82) is 0 Å². The molecule has 0 saturated carbocycles. The van der Waals surface area contributed by atoms with E-state index in [9.17, 15) is 5.02 Å². The summed E-state index contributed by atoms with van der Waals surface area (Å²) in [4.78, 5) is 2.67. The Morgan fingerprint density at radius 1 is 1.67 bits per heavy atom. The highest BCUT2D eigenvalue weighted by molar-refractivity contribution is 7.14. The van der Waals surface area contributed by atoms with Crippen molar-refractivity contribution in [2.45, 2.75) is 6.92 Å². The molecule has 0 unspecified atom stereocenters. The highest BCUT2D eigenvalue weighted by Crippen LogP contribution is 2.14. The fraction of sp³-hybridized carbons (Fsp3) is 0.286. The van der Waals surface area contributed by atoms with Crippen LogP contribution >= 0.6 is 11.3 Å². The van der Waals surface area contributed by atoms with Crippen molar-refractivity contribution >= 4 is 29.6 Å². The maximum absolute atomic E-state index is 9.66. The third kappa shape index (κ3) is 0.973. The van der Waals surface area contributed by atoms with Gasteiger partial charge in [0.1, 0.15) is 0 Å². The second-order valence-electron chi connectivity index (χ2n) is 2.84. The molecule has 0 spiro atoms. The first-order chi connectivity index (χ1) is 5.70. The molecular weight excluding hydrogens is 171 g/mol. The average Bonchev–Trinajstić information content (AvgIpc) is 2.48. The Labute approximate surface area is 75.5 Å². The maximum atomic E-state index is 9.66. The van der Waals surface area contributed by atoms with Gasteiger partial charge < -0.3 is 9.94 Å². The Balaban J connectivity index is 2.54. The van der Waals surface area contributed by atoms with Crippen LogP contribution in [0.25, 0.3) is 0 Å². The first kappa shape index (κ1) is 7.82. The number of hydrogen-bond donors (Lipinski definition) is 1. The van der Waals surface area contributed by atoms with Crippen LogP contribution in [0.15, 0.2) is 16.5 Å².